The zero-order valence-corrected chi connectivity index (χ0v) is 17.7. The standard InChI is InChI=1S/C21H21ClN2O3S/c1-12-7-13(2)20(17(22)8-12)24-21(25)15-5-6-18(19(9-15)26-4)27-10-16-11-28-14(3)23-16/h5-9,11H,10H2,1-4H3,(H,24,25). The van der Waals surface area contributed by atoms with Gasteiger partial charge in [0.15, 0.2) is 11.5 Å². The zero-order chi connectivity index (χ0) is 20.3. The second-order valence-electron chi connectivity index (χ2n) is 6.40. The molecule has 0 bridgehead atoms. The molecule has 1 heterocycles. The number of aryl methyl sites for hydroxylation is 3. The summed E-state index contributed by atoms with van der Waals surface area (Å²) in [5.74, 6) is 0.759. The Balaban J connectivity index is 1.76. The van der Waals surface area contributed by atoms with E-state index in [0.29, 0.717) is 34.4 Å². The first-order valence-corrected chi connectivity index (χ1v) is 9.93. The summed E-state index contributed by atoms with van der Waals surface area (Å²) < 4.78 is 11.2. The average Bonchev–Trinajstić information content (AvgIpc) is 3.07. The van der Waals surface area contributed by atoms with Crippen molar-refractivity contribution in [1.82, 2.24) is 4.98 Å². The number of anilines is 1. The van der Waals surface area contributed by atoms with Gasteiger partial charge in [-0.3, -0.25) is 4.79 Å². The van der Waals surface area contributed by atoms with E-state index in [2.05, 4.69) is 10.3 Å². The van der Waals surface area contributed by atoms with E-state index in [1.54, 1.807) is 29.5 Å². The summed E-state index contributed by atoms with van der Waals surface area (Å²) in [5, 5.41) is 6.33. The summed E-state index contributed by atoms with van der Waals surface area (Å²) in [6.07, 6.45) is 0. The number of hydrogen-bond donors (Lipinski definition) is 1. The number of methoxy groups -OCH3 is 1. The van der Waals surface area contributed by atoms with Crippen molar-refractivity contribution in [2.75, 3.05) is 12.4 Å². The molecule has 1 aromatic heterocycles. The zero-order valence-electron chi connectivity index (χ0n) is 16.1. The third-order valence-corrected chi connectivity index (χ3v) is 5.26. The summed E-state index contributed by atoms with van der Waals surface area (Å²) in [4.78, 5) is 17.1. The third kappa shape index (κ3) is 4.64. The van der Waals surface area contributed by atoms with Gasteiger partial charge in [0.05, 0.1) is 28.5 Å². The molecular weight excluding hydrogens is 396 g/mol. The lowest BCUT2D eigenvalue weighted by atomic mass is 10.1. The molecule has 2 aromatic carbocycles. The molecule has 28 heavy (non-hydrogen) atoms. The van der Waals surface area contributed by atoms with E-state index in [9.17, 15) is 4.79 Å². The van der Waals surface area contributed by atoms with Crippen molar-refractivity contribution in [2.24, 2.45) is 0 Å². The predicted molar refractivity (Wildman–Crippen MR) is 113 cm³/mol. The number of hydrogen-bond acceptors (Lipinski definition) is 5. The van der Waals surface area contributed by atoms with E-state index in [0.717, 1.165) is 21.8 Å². The highest BCUT2D eigenvalue weighted by molar-refractivity contribution is 7.09. The smallest absolute Gasteiger partial charge is 0.255 e. The fraction of sp³-hybridized carbons (Fsp3) is 0.238. The lowest BCUT2D eigenvalue weighted by Crippen LogP contribution is -2.13. The van der Waals surface area contributed by atoms with Crippen LogP contribution in [0.15, 0.2) is 35.7 Å². The fourth-order valence-electron chi connectivity index (χ4n) is 2.81. The second kappa shape index (κ2) is 8.63. The Morgan fingerprint density at radius 2 is 1.96 bits per heavy atom. The highest BCUT2D eigenvalue weighted by atomic mass is 35.5. The van der Waals surface area contributed by atoms with Gasteiger partial charge in [-0.15, -0.1) is 11.3 Å². The second-order valence-corrected chi connectivity index (χ2v) is 7.87. The first-order valence-electron chi connectivity index (χ1n) is 8.67. The summed E-state index contributed by atoms with van der Waals surface area (Å²) >= 11 is 7.86. The number of rotatable bonds is 6. The largest absolute Gasteiger partial charge is 0.493 e. The molecule has 0 radical (unpaired) electrons. The van der Waals surface area contributed by atoms with Crippen LogP contribution in [0.4, 0.5) is 5.69 Å². The van der Waals surface area contributed by atoms with Crippen molar-refractivity contribution >= 4 is 34.5 Å². The van der Waals surface area contributed by atoms with Crippen LogP contribution in [-0.2, 0) is 6.61 Å². The van der Waals surface area contributed by atoms with Crippen molar-refractivity contribution < 1.29 is 14.3 Å². The molecule has 3 rings (SSSR count). The first kappa shape index (κ1) is 20.2. The number of ether oxygens (including phenoxy) is 2. The number of halogens is 1. The fourth-order valence-corrected chi connectivity index (χ4v) is 3.78. The molecule has 7 heteroatoms. The lowest BCUT2D eigenvalue weighted by molar-refractivity contribution is 0.102. The molecule has 1 N–H and O–H groups in total. The maximum atomic E-state index is 12.7. The van der Waals surface area contributed by atoms with Crippen molar-refractivity contribution in [3.63, 3.8) is 0 Å². The van der Waals surface area contributed by atoms with Gasteiger partial charge in [-0.05, 0) is 56.2 Å². The average molecular weight is 417 g/mol. The Morgan fingerprint density at radius 1 is 1.18 bits per heavy atom. The van der Waals surface area contributed by atoms with Gasteiger partial charge in [-0.2, -0.15) is 0 Å². The Bertz CT molecular complexity index is 994. The summed E-state index contributed by atoms with van der Waals surface area (Å²) in [7, 11) is 1.54. The van der Waals surface area contributed by atoms with Gasteiger partial charge in [-0.25, -0.2) is 4.98 Å². The number of amides is 1. The van der Waals surface area contributed by atoms with Gasteiger partial charge in [0.25, 0.3) is 5.91 Å². The summed E-state index contributed by atoms with van der Waals surface area (Å²) in [6, 6.07) is 8.85. The summed E-state index contributed by atoms with van der Waals surface area (Å²) in [5.41, 5.74) is 3.86. The highest BCUT2D eigenvalue weighted by Gasteiger charge is 2.15. The van der Waals surface area contributed by atoms with E-state index in [1.807, 2.05) is 38.3 Å². The maximum absolute atomic E-state index is 12.7. The molecule has 0 aliphatic carbocycles. The van der Waals surface area contributed by atoms with Gasteiger partial charge in [0.1, 0.15) is 6.61 Å². The van der Waals surface area contributed by atoms with E-state index >= 15 is 0 Å². The van der Waals surface area contributed by atoms with Crippen molar-refractivity contribution in [2.45, 2.75) is 27.4 Å². The number of carbonyl (C=O) groups excluding carboxylic acids is 1. The molecule has 0 aliphatic heterocycles. The van der Waals surface area contributed by atoms with Gasteiger partial charge in [0, 0.05) is 10.9 Å². The normalized spacial score (nSPS) is 10.6. The summed E-state index contributed by atoms with van der Waals surface area (Å²) in [6.45, 7) is 6.15. The minimum absolute atomic E-state index is 0.270. The molecule has 3 aromatic rings. The Morgan fingerprint density at radius 3 is 2.61 bits per heavy atom. The van der Waals surface area contributed by atoms with Gasteiger partial charge < -0.3 is 14.8 Å². The Kier molecular flexibility index (Phi) is 6.21. The molecule has 1 amide bonds. The number of aromatic nitrogens is 1. The van der Waals surface area contributed by atoms with Crippen LogP contribution < -0.4 is 14.8 Å². The van der Waals surface area contributed by atoms with E-state index in [-0.39, 0.29) is 5.91 Å². The molecule has 5 nitrogen and oxygen atoms in total. The molecular formula is C21H21ClN2O3S. The van der Waals surface area contributed by atoms with E-state index in [4.69, 9.17) is 21.1 Å². The molecule has 0 unspecified atom stereocenters. The SMILES string of the molecule is COc1cc(C(=O)Nc2c(C)cc(C)cc2Cl)ccc1OCc1csc(C)n1. The number of benzene rings is 2. The Hall–Kier alpha value is -2.57. The van der Waals surface area contributed by atoms with Gasteiger partial charge in [0.2, 0.25) is 0 Å². The molecule has 0 fully saturated rings. The molecule has 0 saturated heterocycles. The number of nitrogens with one attached hydrogen (secondary N) is 1. The number of nitrogens with zero attached hydrogens (tertiary/aromatic N) is 1. The molecule has 0 spiro atoms. The maximum Gasteiger partial charge on any atom is 0.255 e. The van der Waals surface area contributed by atoms with Gasteiger partial charge in [-0.1, -0.05) is 17.7 Å². The third-order valence-electron chi connectivity index (χ3n) is 4.14. The van der Waals surface area contributed by atoms with Crippen molar-refractivity contribution in [1.29, 1.82) is 0 Å². The van der Waals surface area contributed by atoms with Crippen LogP contribution in [0.5, 0.6) is 11.5 Å². The minimum atomic E-state index is -0.270. The van der Waals surface area contributed by atoms with Crippen molar-refractivity contribution in [3.05, 3.63) is 68.1 Å². The molecule has 0 aliphatic rings. The topological polar surface area (TPSA) is 60.5 Å². The van der Waals surface area contributed by atoms with Crippen LogP contribution in [0.25, 0.3) is 0 Å². The Labute approximate surface area is 173 Å². The highest BCUT2D eigenvalue weighted by Crippen LogP contribution is 2.31. The van der Waals surface area contributed by atoms with Crippen LogP contribution in [0, 0.1) is 20.8 Å². The van der Waals surface area contributed by atoms with Crippen LogP contribution in [0.1, 0.15) is 32.2 Å². The molecule has 0 saturated carbocycles. The first-order chi connectivity index (χ1) is 13.4. The number of thiazole rings is 1. The van der Waals surface area contributed by atoms with Crippen LogP contribution in [0.3, 0.4) is 0 Å². The minimum Gasteiger partial charge on any atom is -0.493 e. The van der Waals surface area contributed by atoms with E-state index in [1.165, 1.54) is 7.11 Å². The van der Waals surface area contributed by atoms with Gasteiger partial charge >= 0.3 is 0 Å². The van der Waals surface area contributed by atoms with Crippen LogP contribution >= 0.6 is 22.9 Å². The molecule has 0 atom stereocenters. The van der Waals surface area contributed by atoms with Crippen LogP contribution in [-0.4, -0.2) is 18.0 Å². The number of carbonyl (C=O) groups is 1. The predicted octanol–water partition coefficient (Wildman–Crippen LogP) is 5.56. The monoisotopic (exact) mass is 416 g/mol. The van der Waals surface area contributed by atoms with Crippen LogP contribution in [0.2, 0.25) is 5.02 Å². The van der Waals surface area contributed by atoms with E-state index < -0.39 is 0 Å². The quantitative estimate of drug-likeness (QED) is 0.571. The van der Waals surface area contributed by atoms with Crippen molar-refractivity contribution in [3.8, 4) is 11.5 Å². The lowest BCUT2D eigenvalue weighted by Gasteiger charge is -2.14. The molecule has 146 valence electrons.